The topological polar surface area (TPSA) is 93.7 Å². The standard InChI is InChI=1S/C21H19ClN2O5S/c1-28-18-11-12-19(29-2)20(13-18)30(26,27)24-17-7-3-14(4-8-17)21(25)23-16-9-5-15(22)6-10-16/h3-13,24H,1-2H3,(H,23,25). The summed E-state index contributed by atoms with van der Waals surface area (Å²) in [5.74, 6) is 0.230. The molecule has 0 aromatic heterocycles. The molecule has 0 fully saturated rings. The monoisotopic (exact) mass is 446 g/mol. The Morgan fingerprint density at radius 2 is 1.50 bits per heavy atom. The van der Waals surface area contributed by atoms with Crippen LogP contribution in [-0.4, -0.2) is 28.5 Å². The first-order valence-corrected chi connectivity index (χ1v) is 10.6. The van der Waals surface area contributed by atoms with Crippen molar-refractivity contribution < 1.29 is 22.7 Å². The van der Waals surface area contributed by atoms with E-state index in [-0.39, 0.29) is 16.6 Å². The van der Waals surface area contributed by atoms with E-state index in [1.165, 1.54) is 50.6 Å². The van der Waals surface area contributed by atoms with Crippen molar-refractivity contribution in [2.75, 3.05) is 24.3 Å². The van der Waals surface area contributed by atoms with Crippen LogP contribution in [0.2, 0.25) is 5.02 Å². The molecule has 156 valence electrons. The molecule has 0 unspecified atom stereocenters. The summed E-state index contributed by atoms with van der Waals surface area (Å²) in [6.07, 6.45) is 0. The van der Waals surface area contributed by atoms with Crippen LogP contribution >= 0.6 is 11.6 Å². The molecule has 0 atom stereocenters. The molecule has 3 aromatic carbocycles. The van der Waals surface area contributed by atoms with Gasteiger partial charge in [-0.2, -0.15) is 0 Å². The van der Waals surface area contributed by atoms with Gasteiger partial charge in [0.25, 0.3) is 15.9 Å². The van der Waals surface area contributed by atoms with Crippen molar-refractivity contribution in [3.05, 3.63) is 77.3 Å². The van der Waals surface area contributed by atoms with Crippen molar-refractivity contribution in [2.45, 2.75) is 4.90 Å². The molecular formula is C21H19ClN2O5S. The van der Waals surface area contributed by atoms with Crippen LogP contribution < -0.4 is 19.5 Å². The lowest BCUT2D eigenvalue weighted by Crippen LogP contribution is -2.15. The maximum atomic E-state index is 12.8. The highest BCUT2D eigenvalue weighted by Gasteiger charge is 2.21. The zero-order valence-electron chi connectivity index (χ0n) is 16.2. The molecule has 9 heteroatoms. The van der Waals surface area contributed by atoms with Crippen molar-refractivity contribution in [3.8, 4) is 11.5 Å². The Balaban J connectivity index is 1.76. The first-order chi connectivity index (χ1) is 14.3. The van der Waals surface area contributed by atoms with Gasteiger partial charge in [0, 0.05) is 28.0 Å². The fraction of sp³-hybridized carbons (Fsp3) is 0.0952. The normalized spacial score (nSPS) is 10.9. The number of rotatable bonds is 7. The number of carbonyl (C=O) groups is 1. The largest absolute Gasteiger partial charge is 0.497 e. The third kappa shape index (κ3) is 5.03. The Kier molecular flexibility index (Phi) is 6.49. The van der Waals surface area contributed by atoms with E-state index in [4.69, 9.17) is 21.1 Å². The second-order valence-electron chi connectivity index (χ2n) is 6.16. The number of benzene rings is 3. The highest BCUT2D eigenvalue weighted by atomic mass is 35.5. The first kappa shape index (κ1) is 21.5. The average molecular weight is 447 g/mol. The third-order valence-electron chi connectivity index (χ3n) is 4.16. The molecule has 30 heavy (non-hydrogen) atoms. The lowest BCUT2D eigenvalue weighted by atomic mass is 10.2. The summed E-state index contributed by atoms with van der Waals surface area (Å²) in [6, 6.07) is 17.2. The van der Waals surface area contributed by atoms with Crippen LogP contribution in [0.15, 0.2) is 71.6 Å². The Labute approximate surface area is 179 Å². The summed E-state index contributed by atoms with van der Waals surface area (Å²) in [5, 5.41) is 3.31. The van der Waals surface area contributed by atoms with E-state index in [0.717, 1.165) is 0 Å². The summed E-state index contributed by atoms with van der Waals surface area (Å²) < 4.78 is 38.3. The summed E-state index contributed by atoms with van der Waals surface area (Å²) in [5.41, 5.74) is 1.26. The summed E-state index contributed by atoms with van der Waals surface area (Å²) in [6.45, 7) is 0. The molecule has 0 bridgehead atoms. The second kappa shape index (κ2) is 9.06. The second-order valence-corrected chi connectivity index (χ2v) is 8.25. The van der Waals surface area contributed by atoms with Crippen molar-refractivity contribution in [1.29, 1.82) is 0 Å². The van der Waals surface area contributed by atoms with E-state index < -0.39 is 10.0 Å². The van der Waals surface area contributed by atoms with Crippen molar-refractivity contribution in [2.24, 2.45) is 0 Å². The molecular weight excluding hydrogens is 428 g/mol. The van der Waals surface area contributed by atoms with Crippen LogP contribution in [0, 0.1) is 0 Å². The van der Waals surface area contributed by atoms with Crippen LogP contribution in [-0.2, 0) is 10.0 Å². The number of methoxy groups -OCH3 is 2. The van der Waals surface area contributed by atoms with Gasteiger partial charge in [0.1, 0.15) is 16.4 Å². The minimum atomic E-state index is -3.94. The molecule has 0 heterocycles. The number of hydrogen-bond donors (Lipinski definition) is 2. The van der Waals surface area contributed by atoms with Gasteiger partial charge in [-0.25, -0.2) is 8.42 Å². The smallest absolute Gasteiger partial charge is 0.265 e. The predicted molar refractivity (Wildman–Crippen MR) is 116 cm³/mol. The molecule has 3 aromatic rings. The van der Waals surface area contributed by atoms with Crippen LogP contribution in [0.4, 0.5) is 11.4 Å². The van der Waals surface area contributed by atoms with Crippen LogP contribution in [0.25, 0.3) is 0 Å². The van der Waals surface area contributed by atoms with Gasteiger partial charge in [0.15, 0.2) is 0 Å². The predicted octanol–water partition coefficient (Wildman–Crippen LogP) is 4.41. The molecule has 0 saturated carbocycles. The highest BCUT2D eigenvalue weighted by molar-refractivity contribution is 7.92. The Morgan fingerprint density at radius 3 is 2.10 bits per heavy atom. The summed E-state index contributed by atoms with van der Waals surface area (Å²) in [7, 11) is -1.11. The Morgan fingerprint density at radius 1 is 0.867 bits per heavy atom. The fourth-order valence-corrected chi connectivity index (χ4v) is 4.00. The van der Waals surface area contributed by atoms with Crippen LogP contribution in [0.5, 0.6) is 11.5 Å². The lowest BCUT2D eigenvalue weighted by Gasteiger charge is -2.13. The van der Waals surface area contributed by atoms with Crippen molar-refractivity contribution >= 4 is 38.9 Å². The number of amides is 1. The van der Waals surface area contributed by atoms with E-state index in [1.54, 1.807) is 30.3 Å². The van der Waals surface area contributed by atoms with Gasteiger partial charge in [-0.15, -0.1) is 0 Å². The lowest BCUT2D eigenvalue weighted by molar-refractivity contribution is 0.102. The van der Waals surface area contributed by atoms with Gasteiger partial charge < -0.3 is 14.8 Å². The molecule has 0 spiro atoms. The van der Waals surface area contributed by atoms with Crippen molar-refractivity contribution in [1.82, 2.24) is 0 Å². The summed E-state index contributed by atoms with van der Waals surface area (Å²) >= 11 is 5.83. The van der Waals surface area contributed by atoms with E-state index >= 15 is 0 Å². The fourth-order valence-electron chi connectivity index (χ4n) is 2.63. The maximum absolute atomic E-state index is 12.8. The van der Waals surface area contributed by atoms with E-state index in [1.807, 2.05) is 0 Å². The quantitative estimate of drug-likeness (QED) is 0.560. The number of ether oxygens (including phenoxy) is 2. The first-order valence-electron chi connectivity index (χ1n) is 8.74. The zero-order valence-corrected chi connectivity index (χ0v) is 17.8. The molecule has 0 aliphatic heterocycles. The molecule has 0 aliphatic rings. The molecule has 0 radical (unpaired) electrons. The van der Waals surface area contributed by atoms with Gasteiger partial charge in [0.05, 0.1) is 14.2 Å². The van der Waals surface area contributed by atoms with Crippen LogP contribution in [0.3, 0.4) is 0 Å². The molecule has 2 N–H and O–H groups in total. The van der Waals surface area contributed by atoms with Crippen molar-refractivity contribution in [3.63, 3.8) is 0 Å². The molecule has 0 aliphatic carbocycles. The van der Waals surface area contributed by atoms with Gasteiger partial charge >= 0.3 is 0 Å². The maximum Gasteiger partial charge on any atom is 0.265 e. The third-order valence-corrected chi connectivity index (χ3v) is 5.82. The van der Waals surface area contributed by atoms with Gasteiger partial charge in [0.2, 0.25) is 0 Å². The van der Waals surface area contributed by atoms with E-state index in [0.29, 0.717) is 27.7 Å². The van der Waals surface area contributed by atoms with E-state index in [9.17, 15) is 13.2 Å². The molecule has 7 nitrogen and oxygen atoms in total. The number of anilines is 2. The minimum Gasteiger partial charge on any atom is -0.497 e. The van der Waals surface area contributed by atoms with Crippen LogP contribution in [0.1, 0.15) is 10.4 Å². The number of carbonyl (C=O) groups excluding carboxylic acids is 1. The number of hydrogen-bond acceptors (Lipinski definition) is 5. The zero-order chi connectivity index (χ0) is 21.7. The van der Waals surface area contributed by atoms with Gasteiger partial charge in [-0.3, -0.25) is 9.52 Å². The Bertz CT molecular complexity index is 1150. The molecule has 3 rings (SSSR count). The molecule has 0 saturated heterocycles. The Hall–Kier alpha value is -3.23. The minimum absolute atomic E-state index is 0.0612. The number of sulfonamides is 1. The van der Waals surface area contributed by atoms with Gasteiger partial charge in [-0.1, -0.05) is 11.6 Å². The highest BCUT2D eigenvalue weighted by Crippen LogP contribution is 2.29. The van der Waals surface area contributed by atoms with Gasteiger partial charge in [-0.05, 0) is 60.7 Å². The summed E-state index contributed by atoms with van der Waals surface area (Å²) in [4.78, 5) is 12.3. The average Bonchev–Trinajstić information content (AvgIpc) is 2.75. The molecule has 1 amide bonds. The van der Waals surface area contributed by atoms with E-state index in [2.05, 4.69) is 10.0 Å². The SMILES string of the molecule is COc1ccc(OC)c(S(=O)(=O)Nc2ccc(C(=O)Nc3ccc(Cl)cc3)cc2)c1. The number of nitrogens with one attached hydrogen (secondary N) is 2. The number of halogens is 1.